The van der Waals surface area contributed by atoms with Gasteiger partial charge in [-0.05, 0) is 37.2 Å². The summed E-state index contributed by atoms with van der Waals surface area (Å²) in [5.74, 6) is -0.314. The van der Waals surface area contributed by atoms with Crippen molar-refractivity contribution in [1.82, 2.24) is 4.90 Å². The number of likely N-dealkylation sites (N-methyl/N-ethyl adjacent to an activating group) is 1. The van der Waals surface area contributed by atoms with E-state index in [4.69, 9.17) is 4.74 Å². The van der Waals surface area contributed by atoms with Gasteiger partial charge in [-0.1, -0.05) is 74.5 Å². The second-order valence-electron chi connectivity index (χ2n) is 5.76. The van der Waals surface area contributed by atoms with Crippen LogP contribution in [0.4, 0.5) is 0 Å². The molecule has 26 heavy (non-hydrogen) atoms. The van der Waals surface area contributed by atoms with Gasteiger partial charge in [0, 0.05) is 6.08 Å². The second kappa shape index (κ2) is 10.8. The lowest BCUT2D eigenvalue weighted by Crippen LogP contribution is -2.45. The molecule has 0 radical (unpaired) electrons. The lowest BCUT2D eigenvalue weighted by molar-refractivity contribution is -0.137. The zero-order chi connectivity index (χ0) is 18.1. The number of hydrogen-bond acceptors (Lipinski definition) is 3. The van der Waals surface area contributed by atoms with E-state index in [1.807, 2.05) is 49.4 Å². The van der Waals surface area contributed by atoms with Gasteiger partial charge in [-0.25, -0.2) is 4.79 Å². The van der Waals surface area contributed by atoms with Crippen LogP contribution >= 0.6 is 12.4 Å². The van der Waals surface area contributed by atoms with Crippen LogP contribution in [0.5, 0.6) is 0 Å². The van der Waals surface area contributed by atoms with Crippen LogP contribution in [-0.4, -0.2) is 30.6 Å². The number of nitrogens with zero attached hydrogens (tertiary/aromatic N) is 1. The Bertz CT molecular complexity index is 642. The molecular weight excluding hydrogens is 346 g/mol. The molecule has 0 bridgehead atoms. The molecule has 3 nitrogen and oxygen atoms in total. The Balaban J connectivity index is 0.00000338. The molecule has 2 aromatic rings. The van der Waals surface area contributed by atoms with E-state index in [2.05, 4.69) is 43.0 Å². The first-order chi connectivity index (χ1) is 12.2. The highest BCUT2D eigenvalue weighted by molar-refractivity contribution is 5.85. The third-order valence-electron chi connectivity index (χ3n) is 4.44. The van der Waals surface area contributed by atoms with Crippen molar-refractivity contribution in [3.05, 3.63) is 83.9 Å². The maximum Gasteiger partial charge on any atom is 0.330 e. The molecular formula is C22H28ClNO2. The van der Waals surface area contributed by atoms with Gasteiger partial charge in [-0.15, -0.1) is 12.4 Å². The molecule has 0 saturated carbocycles. The summed E-state index contributed by atoms with van der Waals surface area (Å²) in [6.07, 6.45) is 3.53. The Kier molecular flexibility index (Phi) is 9.11. The third kappa shape index (κ3) is 4.75. The molecule has 4 heteroatoms. The molecule has 0 heterocycles. The van der Waals surface area contributed by atoms with Crippen molar-refractivity contribution in [2.75, 3.05) is 19.7 Å². The number of esters is 1. The second-order valence-corrected chi connectivity index (χ2v) is 5.76. The van der Waals surface area contributed by atoms with E-state index in [0.717, 1.165) is 24.2 Å². The fourth-order valence-electron chi connectivity index (χ4n) is 3.32. The summed E-state index contributed by atoms with van der Waals surface area (Å²) >= 11 is 0. The summed E-state index contributed by atoms with van der Waals surface area (Å²) in [5, 5.41) is 0. The van der Waals surface area contributed by atoms with Gasteiger partial charge in [0.15, 0.2) is 0 Å². The van der Waals surface area contributed by atoms with Gasteiger partial charge in [0.1, 0.15) is 0 Å². The first kappa shape index (κ1) is 21.9. The summed E-state index contributed by atoms with van der Waals surface area (Å²) in [6, 6.07) is 20.6. The largest absolute Gasteiger partial charge is 0.463 e. The van der Waals surface area contributed by atoms with Gasteiger partial charge >= 0.3 is 5.97 Å². The molecule has 0 saturated heterocycles. The average molecular weight is 374 g/mol. The Hall–Kier alpha value is -2.10. The SMILES string of the molecule is CCOC(=O)C=CC(c1ccccc1)(c1ccccc1)N(CC)CC.Cl. The summed E-state index contributed by atoms with van der Waals surface area (Å²) in [5.41, 5.74) is 1.74. The standard InChI is InChI=1S/C22H27NO2.ClH/c1-4-23(5-2)22(18-17-21(24)25-6-3,19-13-9-7-10-14-19)20-15-11-8-12-16-20;/h7-18H,4-6H2,1-3H3;1H. The van der Waals surface area contributed by atoms with Crippen LogP contribution in [0, 0.1) is 0 Å². The van der Waals surface area contributed by atoms with E-state index >= 15 is 0 Å². The van der Waals surface area contributed by atoms with Crippen molar-refractivity contribution in [3.8, 4) is 0 Å². The molecule has 0 spiro atoms. The molecule has 0 N–H and O–H groups in total. The fraction of sp³-hybridized carbons (Fsp3) is 0.318. The molecule has 2 aromatic carbocycles. The smallest absolute Gasteiger partial charge is 0.330 e. The third-order valence-corrected chi connectivity index (χ3v) is 4.44. The van der Waals surface area contributed by atoms with Gasteiger partial charge in [-0.3, -0.25) is 4.90 Å². The van der Waals surface area contributed by atoms with Gasteiger partial charge in [0.05, 0.1) is 12.1 Å². The Morgan fingerprint density at radius 3 is 1.77 bits per heavy atom. The van der Waals surface area contributed by atoms with Gasteiger partial charge in [0.25, 0.3) is 0 Å². The lowest BCUT2D eigenvalue weighted by atomic mass is 9.80. The number of carbonyl (C=O) groups is 1. The van der Waals surface area contributed by atoms with Crippen LogP contribution in [0.15, 0.2) is 72.8 Å². The number of rotatable bonds is 8. The lowest BCUT2D eigenvalue weighted by Gasteiger charge is -2.42. The van der Waals surface area contributed by atoms with E-state index in [1.165, 1.54) is 0 Å². The van der Waals surface area contributed by atoms with Crippen LogP contribution in [0.1, 0.15) is 31.9 Å². The normalized spacial score (nSPS) is 11.4. The fourth-order valence-corrected chi connectivity index (χ4v) is 3.32. The van der Waals surface area contributed by atoms with Crippen LogP contribution in [0.3, 0.4) is 0 Å². The number of hydrogen-bond donors (Lipinski definition) is 0. The predicted molar refractivity (Wildman–Crippen MR) is 110 cm³/mol. The zero-order valence-electron chi connectivity index (χ0n) is 15.7. The highest BCUT2D eigenvalue weighted by Crippen LogP contribution is 2.37. The van der Waals surface area contributed by atoms with Crippen molar-refractivity contribution in [2.24, 2.45) is 0 Å². The maximum absolute atomic E-state index is 12.0. The van der Waals surface area contributed by atoms with Crippen LogP contribution in [0.25, 0.3) is 0 Å². The van der Waals surface area contributed by atoms with Crippen LogP contribution < -0.4 is 0 Å². The number of halogens is 1. The minimum atomic E-state index is -0.515. The number of carbonyl (C=O) groups excluding carboxylic acids is 1. The van der Waals surface area contributed by atoms with Crippen LogP contribution in [-0.2, 0) is 15.1 Å². The molecule has 0 fully saturated rings. The van der Waals surface area contributed by atoms with Gasteiger partial charge < -0.3 is 4.74 Å². The molecule has 0 unspecified atom stereocenters. The minimum Gasteiger partial charge on any atom is -0.463 e. The number of benzene rings is 2. The maximum atomic E-state index is 12.0. The van der Waals surface area contributed by atoms with E-state index < -0.39 is 5.54 Å². The Labute approximate surface area is 163 Å². The van der Waals surface area contributed by atoms with E-state index in [-0.39, 0.29) is 18.4 Å². The van der Waals surface area contributed by atoms with Crippen molar-refractivity contribution < 1.29 is 9.53 Å². The highest BCUT2D eigenvalue weighted by atomic mass is 35.5. The van der Waals surface area contributed by atoms with Crippen LogP contribution in [0.2, 0.25) is 0 Å². The molecule has 2 rings (SSSR count). The van der Waals surface area contributed by atoms with Crippen molar-refractivity contribution in [2.45, 2.75) is 26.3 Å². The molecule has 0 aliphatic rings. The van der Waals surface area contributed by atoms with Crippen molar-refractivity contribution >= 4 is 18.4 Å². The molecule has 0 atom stereocenters. The van der Waals surface area contributed by atoms with E-state index in [1.54, 1.807) is 6.08 Å². The summed E-state index contributed by atoms with van der Waals surface area (Å²) in [6.45, 7) is 8.18. The first-order valence-corrected chi connectivity index (χ1v) is 8.91. The predicted octanol–water partition coefficient (Wildman–Crippen LogP) is 4.81. The molecule has 0 aliphatic heterocycles. The zero-order valence-corrected chi connectivity index (χ0v) is 16.5. The molecule has 0 aliphatic carbocycles. The van der Waals surface area contributed by atoms with Gasteiger partial charge in [0.2, 0.25) is 0 Å². The first-order valence-electron chi connectivity index (χ1n) is 8.91. The molecule has 0 aromatic heterocycles. The van der Waals surface area contributed by atoms with Gasteiger partial charge in [-0.2, -0.15) is 0 Å². The monoisotopic (exact) mass is 373 g/mol. The van der Waals surface area contributed by atoms with Crippen molar-refractivity contribution in [3.63, 3.8) is 0 Å². The number of ether oxygens (including phenoxy) is 1. The molecule has 140 valence electrons. The topological polar surface area (TPSA) is 29.5 Å². The summed E-state index contributed by atoms with van der Waals surface area (Å²) < 4.78 is 5.11. The summed E-state index contributed by atoms with van der Waals surface area (Å²) in [7, 11) is 0. The quantitative estimate of drug-likeness (QED) is 0.491. The Morgan fingerprint density at radius 1 is 0.923 bits per heavy atom. The van der Waals surface area contributed by atoms with E-state index in [0.29, 0.717) is 6.61 Å². The van der Waals surface area contributed by atoms with E-state index in [9.17, 15) is 4.79 Å². The average Bonchev–Trinajstić information content (AvgIpc) is 2.67. The highest BCUT2D eigenvalue weighted by Gasteiger charge is 2.36. The minimum absolute atomic E-state index is 0. The van der Waals surface area contributed by atoms with Crippen molar-refractivity contribution in [1.29, 1.82) is 0 Å². The Morgan fingerprint density at radius 2 is 1.38 bits per heavy atom. The summed E-state index contributed by atoms with van der Waals surface area (Å²) in [4.78, 5) is 14.4. The molecule has 0 amide bonds.